The fourth-order valence-corrected chi connectivity index (χ4v) is 1.43. The summed E-state index contributed by atoms with van der Waals surface area (Å²) in [7, 11) is 0. The molecule has 1 nitrogen and oxygen atoms in total. The molecule has 13 heavy (non-hydrogen) atoms. The second kappa shape index (κ2) is 2.91. The zero-order valence-electron chi connectivity index (χ0n) is 7.41. The second-order valence-corrected chi connectivity index (χ2v) is 2.97. The van der Waals surface area contributed by atoms with Gasteiger partial charge in [0.1, 0.15) is 0 Å². The van der Waals surface area contributed by atoms with Gasteiger partial charge in [0.05, 0.1) is 5.52 Å². The van der Waals surface area contributed by atoms with E-state index in [1.54, 1.807) is 0 Å². The Bertz CT molecular complexity index is 492. The van der Waals surface area contributed by atoms with Gasteiger partial charge in [-0.05, 0) is 19.1 Å². The predicted molar refractivity (Wildman–Crippen MR) is 54.4 cm³/mol. The number of nitrogens with zero attached hydrogens (tertiary/aromatic N) is 1. The number of benzene rings is 1. The van der Waals surface area contributed by atoms with E-state index in [2.05, 4.69) is 10.9 Å². The summed E-state index contributed by atoms with van der Waals surface area (Å²) in [5, 5.41) is 1.05. The molecule has 0 unspecified atom stereocenters. The molecule has 0 aliphatic carbocycles. The standard InChI is InChI=1S/C12H9N/c1-3-10-8-9(2)13-12-7-5-4-6-11(10)12/h1,4-8H,2H3. The molecule has 1 heterocycles. The van der Waals surface area contributed by atoms with Crippen molar-refractivity contribution in [2.45, 2.75) is 6.92 Å². The SMILES string of the molecule is C#Cc1cc(C)nc2ccccc12. The van der Waals surface area contributed by atoms with Crippen LogP contribution < -0.4 is 0 Å². The van der Waals surface area contributed by atoms with Gasteiger partial charge in [0.15, 0.2) is 0 Å². The smallest absolute Gasteiger partial charge is 0.0717 e. The topological polar surface area (TPSA) is 12.9 Å². The van der Waals surface area contributed by atoms with Crippen LogP contribution in [-0.2, 0) is 0 Å². The zero-order chi connectivity index (χ0) is 9.26. The number of para-hydroxylation sites is 1. The van der Waals surface area contributed by atoms with Crippen molar-refractivity contribution in [1.29, 1.82) is 0 Å². The molecule has 2 rings (SSSR count). The van der Waals surface area contributed by atoms with Crippen molar-refractivity contribution in [3.8, 4) is 12.3 Å². The van der Waals surface area contributed by atoms with E-state index in [0.29, 0.717) is 0 Å². The lowest BCUT2D eigenvalue weighted by Gasteiger charge is -2.01. The van der Waals surface area contributed by atoms with E-state index in [0.717, 1.165) is 22.2 Å². The number of rotatable bonds is 0. The summed E-state index contributed by atoms with van der Waals surface area (Å²) in [6.45, 7) is 1.95. The normalized spacial score (nSPS) is 9.85. The number of pyridine rings is 1. The summed E-state index contributed by atoms with van der Waals surface area (Å²) in [4.78, 5) is 4.39. The van der Waals surface area contributed by atoms with Crippen LogP contribution in [-0.4, -0.2) is 4.98 Å². The maximum Gasteiger partial charge on any atom is 0.0717 e. The minimum Gasteiger partial charge on any atom is -0.253 e. The molecule has 0 saturated carbocycles. The van der Waals surface area contributed by atoms with Crippen molar-refractivity contribution in [3.05, 3.63) is 41.6 Å². The molecule has 1 aromatic carbocycles. The largest absolute Gasteiger partial charge is 0.253 e. The van der Waals surface area contributed by atoms with Crippen molar-refractivity contribution in [2.24, 2.45) is 0 Å². The van der Waals surface area contributed by atoms with Crippen molar-refractivity contribution in [2.75, 3.05) is 0 Å². The molecule has 0 amide bonds. The lowest BCUT2D eigenvalue weighted by Crippen LogP contribution is -1.87. The highest BCUT2D eigenvalue weighted by Gasteiger charge is 1.99. The Labute approximate surface area is 77.4 Å². The molecule has 0 saturated heterocycles. The Hall–Kier alpha value is -1.81. The van der Waals surface area contributed by atoms with Crippen LogP contribution in [0.1, 0.15) is 11.3 Å². The maximum absolute atomic E-state index is 5.41. The number of terminal acetylenes is 1. The summed E-state index contributed by atoms with van der Waals surface area (Å²) in [6, 6.07) is 9.84. The summed E-state index contributed by atoms with van der Waals surface area (Å²) in [5.41, 5.74) is 2.85. The quantitative estimate of drug-likeness (QED) is 0.549. The van der Waals surface area contributed by atoms with Crippen molar-refractivity contribution in [3.63, 3.8) is 0 Å². The molecule has 0 aliphatic heterocycles. The first-order chi connectivity index (χ1) is 6.31. The molecule has 0 radical (unpaired) electrons. The van der Waals surface area contributed by atoms with Gasteiger partial charge in [-0.25, -0.2) is 0 Å². The minimum atomic E-state index is 0.920. The van der Waals surface area contributed by atoms with Crippen molar-refractivity contribution < 1.29 is 0 Å². The Morgan fingerprint density at radius 2 is 2.08 bits per heavy atom. The Balaban J connectivity index is 2.91. The monoisotopic (exact) mass is 167 g/mol. The van der Waals surface area contributed by atoms with Gasteiger partial charge in [-0.2, -0.15) is 0 Å². The minimum absolute atomic E-state index is 0.920. The van der Waals surface area contributed by atoms with Crippen LogP contribution in [0.3, 0.4) is 0 Å². The lowest BCUT2D eigenvalue weighted by atomic mass is 10.1. The van der Waals surface area contributed by atoms with E-state index in [-0.39, 0.29) is 0 Å². The van der Waals surface area contributed by atoms with Crippen LogP contribution in [0.15, 0.2) is 30.3 Å². The van der Waals surface area contributed by atoms with E-state index in [1.807, 2.05) is 37.3 Å². The summed E-state index contributed by atoms with van der Waals surface area (Å²) >= 11 is 0. The van der Waals surface area contributed by atoms with E-state index < -0.39 is 0 Å². The maximum atomic E-state index is 5.41. The second-order valence-electron chi connectivity index (χ2n) is 2.97. The zero-order valence-corrected chi connectivity index (χ0v) is 7.41. The first-order valence-corrected chi connectivity index (χ1v) is 4.14. The Kier molecular flexibility index (Phi) is 1.75. The number of hydrogen-bond donors (Lipinski definition) is 0. The molecule has 0 N–H and O–H groups in total. The lowest BCUT2D eigenvalue weighted by molar-refractivity contribution is 1.25. The van der Waals surface area contributed by atoms with E-state index in [4.69, 9.17) is 6.42 Å². The molecule has 1 heteroatoms. The van der Waals surface area contributed by atoms with E-state index >= 15 is 0 Å². The highest BCUT2D eigenvalue weighted by atomic mass is 14.7. The third-order valence-electron chi connectivity index (χ3n) is 2.00. The average molecular weight is 167 g/mol. The van der Waals surface area contributed by atoms with Gasteiger partial charge in [-0.15, -0.1) is 6.42 Å². The van der Waals surface area contributed by atoms with Crippen LogP contribution in [0, 0.1) is 19.3 Å². The van der Waals surface area contributed by atoms with Gasteiger partial charge in [0, 0.05) is 16.6 Å². The third kappa shape index (κ3) is 1.27. The molecular weight excluding hydrogens is 158 g/mol. The first-order valence-electron chi connectivity index (χ1n) is 4.14. The van der Waals surface area contributed by atoms with Crippen LogP contribution >= 0.6 is 0 Å². The van der Waals surface area contributed by atoms with Gasteiger partial charge in [-0.3, -0.25) is 4.98 Å². The van der Waals surface area contributed by atoms with Gasteiger partial charge in [0.25, 0.3) is 0 Å². The van der Waals surface area contributed by atoms with Gasteiger partial charge < -0.3 is 0 Å². The van der Waals surface area contributed by atoms with E-state index in [9.17, 15) is 0 Å². The molecule has 0 fully saturated rings. The predicted octanol–water partition coefficient (Wildman–Crippen LogP) is 2.52. The fraction of sp³-hybridized carbons (Fsp3) is 0.0833. The number of aromatic nitrogens is 1. The molecule has 0 aliphatic rings. The van der Waals surface area contributed by atoms with Gasteiger partial charge in [0.2, 0.25) is 0 Å². The number of fused-ring (bicyclic) bond motifs is 1. The fourth-order valence-electron chi connectivity index (χ4n) is 1.43. The van der Waals surface area contributed by atoms with Gasteiger partial charge in [-0.1, -0.05) is 24.1 Å². The van der Waals surface area contributed by atoms with Crippen LogP contribution in [0.25, 0.3) is 10.9 Å². The number of hydrogen-bond acceptors (Lipinski definition) is 1. The molecule has 1 aromatic heterocycles. The third-order valence-corrected chi connectivity index (χ3v) is 2.00. The summed E-state index contributed by atoms with van der Waals surface area (Å²) in [5.74, 6) is 2.67. The summed E-state index contributed by atoms with van der Waals surface area (Å²) < 4.78 is 0. The van der Waals surface area contributed by atoms with Gasteiger partial charge >= 0.3 is 0 Å². The Morgan fingerprint density at radius 1 is 1.31 bits per heavy atom. The molecule has 0 bridgehead atoms. The molecular formula is C12H9N. The van der Waals surface area contributed by atoms with Crippen LogP contribution in [0.5, 0.6) is 0 Å². The molecule has 0 atom stereocenters. The molecule has 2 aromatic rings. The first kappa shape index (κ1) is 7.82. The molecule has 0 spiro atoms. The summed E-state index contributed by atoms with van der Waals surface area (Å²) in [6.07, 6.45) is 5.41. The van der Waals surface area contributed by atoms with Crippen LogP contribution in [0.4, 0.5) is 0 Å². The van der Waals surface area contributed by atoms with Crippen molar-refractivity contribution >= 4 is 10.9 Å². The highest BCUT2D eigenvalue weighted by molar-refractivity contribution is 5.84. The van der Waals surface area contributed by atoms with Crippen LogP contribution in [0.2, 0.25) is 0 Å². The number of aryl methyl sites for hydroxylation is 1. The molecule has 62 valence electrons. The average Bonchev–Trinajstić information content (AvgIpc) is 2.16. The van der Waals surface area contributed by atoms with E-state index in [1.165, 1.54) is 0 Å². The van der Waals surface area contributed by atoms with Crippen molar-refractivity contribution in [1.82, 2.24) is 4.98 Å². The highest BCUT2D eigenvalue weighted by Crippen LogP contribution is 2.16. The Morgan fingerprint density at radius 3 is 2.85 bits per heavy atom.